The lowest BCUT2D eigenvalue weighted by molar-refractivity contribution is -0.119. The van der Waals surface area contributed by atoms with Gasteiger partial charge in [0.05, 0.1) is 5.56 Å². The molecule has 1 aromatic carbocycles. The summed E-state index contributed by atoms with van der Waals surface area (Å²) in [5.41, 5.74) is 2.88. The molecule has 0 spiro atoms. The Balaban J connectivity index is 1.96. The Morgan fingerprint density at radius 1 is 1.00 bits per heavy atom. The Labute approximate surface area is 162 Å². The third-order valence-corrected chi connectivity index (χ3v) is 4.31. The Hall–Kier alpha value is -2.87. The molecule has 2 N–H and O–H groups in total. The van der Waals surface area contributed by atoms with Crippen LogP contribution in [0.2, 0.25) is 0 Å². The summed E-state index contributed by atoms with van der Waals surface area (Å²) in [6, 6.07) is 8.49. The van der Waals surface area contributed by atoms with E-state index in [1.54, 1.807) is 12.4 Å². The van der Waals surface area contributed by atoms with Gasteiger partial charge in [0.1, 0.15) is 0 Å². The Morgan fingerprint density at radius 3 is 2.15 bits per heavy atom. The van der Waals surface area contributed by atoms with E-state index in [4.69, 9.17) is 0 Å². The van der Waals surface area contributed by atoms with Crippen LogP contribution in [0.3, 0.4) is 0 Å². The number of anilines is 1. The first-order valence-electron chi connectivity index (χ1n) is 9.30. The Bertz CT molecular complexity index is 801. The standard InChI is InChI=1S/C22H28N4O/c1-15(2)17(4)26-22-23-13-21(14-24-22)11-8-19-6-9-20(10-7-19)12-16(3)25-18(5)27/h6-7,9-10,13-17H,12H2,1-5H3,(H,25,27)(H,23,24,26). The molecular weight excluding hydrogens is 336 g/mol. The fourth-order valence-corrected chi connectivity index (χ4v) is 2.46. The summed E-state index contributed by atoms with van der Waals surface area (Å²) in [4.78, 5) is 19.7. The topological polar surface area (TPSA) is 66.9 Å². The van der Waals surface area contributed by atoms with Gasteiger partial charge >= 0.3 is 0 Å². The van der Waals surface area contributed by atoms with Crippen molar-refractivity contribution in [3.63, 3.8) is 0 Å². The summed E-state index contributed by atoms with van der Waals surface area (Å²) in [6.07, 6.45) is 4.27. The summed E-state index contributed by atoms with van der Waals surface area (Å²) in [5, 5.41) is 6.17. The van der Waals surface area contributed by atoms with Gasteiger partial charge in [0, 0.05) is 37.0 Å². The van der Waals surface area contributed by atoms with Gasteiger partial charge in [0.2, 0.25) is 11.9 Å². The highest BCUT2D eigenvalue weighted by Gasteiger charge is 2.07. The van der Waals surface area contributed by atoms with E-state index in [2.05, 4.69) is 53.2 Å². The molecule has 1 amide bonds. The lowest BCUT2D eigenvalue weighted by Gasteiger charge is -2.16. The molecule has 1 heterocycles. The zero-order valence-corrected chi connectivity index (χ0v) is 16.7. The molecule has 2 atom stereocenters. The first kappa shape index (κ1) is 20.4. The van der Waals surface area contributed by atoms with E-state index in [1.807, 2.05) is 31.2 Å². The Kier molecular flexibility index (Phi) is 7.36. The number of amides is 1. The van der Waals surface area contributed by atoms with Crippen molar-refractivity contribution < 1.29 is 4.79 Å². The normalized spacial score (nSPS) is 12.7. The zero-order chi connectivity index (χ0) is 19.8. The predicted molar refractivity (Wildman–Crippen MR) is 109 cm³/mol. The third kappa shape index (κ3) is 7.10. The molecule has 0 aliphatic rings. The van der Waals surface area contributed by atoms with E-state index in [-0.39, 0.29) is 11.9 Å². The van der Waals surface area contributed by atoms with Gasteiger partial charge in [-0.3, -0.25) is 4.79 Å². The number of aromatic nitrogens is 2. The van der Waals surface area contributed by atoms with Crippen LogP contribution in [0, 0.1) is 17.8 Å². The van der Waals surface area contributed by atoms with Gasteiger partial charge in [-0.15, -0.1) is 0 Å². The average Bonchev–Trinajstić information content (AvgIpc) is 2.61. The minimum absolute atomic E-state index is 0.00733. The molecule has 2 rings (SSSR count). The van der Waals surface area contributed by atoms with Gasteiger partial charge in [-0.05, 0) is 43.9 Å². The highest BCUT2D eigenvalue weighted by Crippen LogP contribution is 2.09. The fourth-order valence-electron chi connectivity index (χ4n) is 2.46. The highest BCUT2D eigenvalue weighted by atomic mass is 16.1. The van der Waals surface area contributed by atoms with Crippen molar-refractivity contribution in [3.8, 4) is 11.8 Å². The molecular formula is C22H28N4O. The van der Waals surface area contributed by atoms with Crippen molar-refractivity contribution in [2.24, 2.45) is 5.92 Å². The smallest absolute Gasteiger partial charge is 0.222 e. The van der Waals surface area contributed by atoms with Crippen LogP contribution in [-0.2, 0) is 11.2 Å². The number of rotatable bonds is 6. The second-order valence-electron chi connectivity index (χ2n) is 7.22. The molecule has 27 heavy (non-hydrogen) atoms. The quantitative estimate of drug-likeness (QED) is 0.771. The largest absolute Gasteiger partial charge is 0.354 e. The SMILES string of the molecule is CC(=O)NC(C)Cc1ccc(C#Cc2cnc(NC(C)C(C)C)nc2)cc1. The maximum atomic E-state index is 11.1. The van der Waals surface area contributed by atoms with Crippen molar-refractivity contribution in [2.45, 2.75) is 53.1 Å². The second-order valence-corrected chi connectivity index (χ2v) is 7.22. The summed E-state index contributed by atoms with van der Waals surface area (Å²) < 4.78 is 0. The van der Waals surface area contributed by atoms with Crippen LogP contribution < -0.4 is 10.6 Å². The third-order valence-electron chi connectivity index (χ3n) is 4.31. The predicted octanol–water partition coefficient (Wildman–Crippen LogP) is 3.40. The zero-order valence-electron chi connectivity index (χ0n) is 16.7. The van der Waals surface area contributed by atoms with Crippen molar-refractivity contribution in [1.82, 2.24) is 15.3 Å². The minimum Gasteiger partial charge on any atom is -0.354 e. The number of hydrogen-bond acceptors (Lipinski definition) is 4. The maximum Gasteiger partial charge on any atom is 0.222 e. The van der Waals surface area contributed by atoms with Crippen LogP contribution in [-0.4, -0.2) is 28.0 Å². The van der Waals surface area contributed by atoms with Gasteiger partial charge in [-0.25, -0.2) is 9.97 Å². The minimum atomic E-state index is -0.00733. The molecule has 0 saturated carbocycles. The maximum absolute atomic E-state index is 11.1. The monoisotopic (exact) mass is 364 g/mol. The molecule has 0 fully saturated rings. The van der Waals surface area contributed by atoms with Crippen LogP contribution in [0.1, 0.15) is 51.3 Å². The van der Waals surface area contributed by atoms with E-state index in [0.29, 0.717) is 17.9 Å². The number of carbonyl (C=O) groups excluding carboxylic acids is 1. The number of benzene rings is 1. The summed E-state index contributed by atoms with van der Waals surface area (Å²) in [5.74, 6) is 7.35. The van der Waals surface area contributed by atoms with E-state index < -0.39 is 0 Å². The van der Waals surface area contributed by atoms with Crippen LogP contribution in [0.25, 0.3) is 0 Å². The molecule has 0 aliphatic heterocycles. The number of nitrogens with one attached hydrogen (secondary N) is 2. The van der Waals surface area contributed by atoms with Crippen LogP contribution in [0.15, 0.2) is 36.7 Å². The molecule has 2 unspecified atom stereocenters. The van der Waals surface area contributed by atoms with Gasteiger partial charge < -0.3 is 10.6 Å². The second kappa shape index (κ2) is 9.72. The number of hydrogen-bond donors (Lipinski definition) is 2. The molecule has 5 heteroatoms. The molecule has 5 nitrogen and oxygen atoms in total. The first-order valence-corrected chi connectivity index (χ1v) is 9.30. The lowest BCUT2D eigenvalue weighted by atomic mass is 10.1. The summed E-state index contributed by atoms with van der Waals surface area (Å²) in [6.45, 7) is 9.96. The van der Waals surface area contributed by atoms with Crippen molar-refractivity contribution in [3.05, 3.63) is 53.3 Å². The van der Waals surface area contributed by atoms with Crippen LogP contribution >= 0.6 is 0 Å². The van der Waals surface area contributed by atoms with E-state index in [1.165, 1.54) is 12.5 Å². The van der Waals surface area contributed by atoms with Gasteiger partial charge in [-0.1, -0.05) is 37.8 Å². The molecule has 142 valence electrons. The van der Waals surface area contributed by atoms with Crippen LogP contribution in [0.5, 0.6) is 0 Å². The molecule has 0 saturated heterocycles. The first-order chi connectivity index (χ1) is 12.8. The Morgan fingerprint density at radius 2 is 1.59 bits per heavy atom. The van der Waals surface area contributed by atoms with Crippen molar-refractivity contribution in [1.29, 1.82) is 0 Å². The number of carbonyl (C=O) groups is 1. The van der Waals surface area contributed by atoms with Gasteiger partial charge in [0.25, 0.3) is 0 Å². The molecule has 0 radical (unpaired) electrons. The summed E-state index contributed by atoms with van der Waals surface area (Å²) in [7, 11) is 0. The highest BCUT2D eigenvalue weighted by molar-refractivity contribution is 5.73. The van der Waals surface area contributed by atoms with E-state index in [9.17, 15) is 4.79 Å². The van der Waals surface area contributed by atoms with E-state index in [0.717, 1.165) is 17.5 Å². The van der Waals surface area contributed by atoms with Crippen molar-refractivity contribution in [2.75, 3.05) is 5.32 Å². The molecule has 0 bridgehead atoms. The van der Waals surface area contributed by atoms with Gasteiger partial charge in [-0.2, -0.15) is 0 Å². The fraction of sp³-hybridized carbons (Fsp3) is 0.409. The average molecular weight is 364 g/mol. The summed E-state index contributed by atoms with van der Waals surface area (Å²) >= 11 is 0. The van der Waals surface area contributed by atoms with E-state index >= 15 is 0 Å². The van der Waals surface area contributed by atoms with Crippen molar-refractivity contribution >= 4 is 11.9 Å². The van der Waals surface area contributed by atoms with Gasteiger partial charge in [0.15, 0.2) is 0 Å². The number of nitrogens with zero attached hydrogens (tertiary/aromatic N) is 2. The molecule has 1 aromatic heterocycles. The van der Waals surface area contributed by atoms with Crippen LogP contribution in [0.4, 0.5) is 5.95 Å². The molecule has 0 aliphatic carbocycles. The molecule has 2 aromatic rings. The lowest BCUT2D eigenvalue weighted by Crippen LogP contribution is -2.31.